The van der Waals surface area contributed by atoms with Crippen LogP contribution in [-0.4, -0.2) is 57.0 Å². The highest BCUT2D eigenvalue weighted by Crippen LogP contribution is 2.39. The minimum Gasteiger partial charge on any atom is -0.354 e. The van der Waals surface area contributed by atoms with Crippen molar-refractivity contribution in [3.63, 3.8) is 0 Å². The molecule has 3 N–H and O–H groups in total. The maximum atomic E-state index is 12.2. The largest absolute Gasteiger partial charge is 0.354 e. The molecule has 1 aliphatic carbocycles. The predicted molar refractivity (Wildman–Crippen MR) is 107 cm³/mol. The number of benzene rings is 1. The van der Waals surface area contributed by atoms with Gasteiger partial charge in [0.25, 0.3) is 0 Å². The highest BCUT2D eigenvalue weighted by Gasteiger charge is 2.37. The van der Waals surface area contributed by atoms with Crippen molar-refractivity contribution in [3.8, 4) is 6.19 Å². The van der Waals surface area contributed by atoms with Gasteiger partial charge in [-0.25, -0.2) is 0 Å². The molecule has 1 saturated carbocycles. The van der Waals surface area contributed by atoms with E-state index >= 15 is 0 Å². The van der Waals surface area contributed by atoms with E-state index in [9.17, 15) is 4.79 Å². The Hall–Kier alpha value is -2.59. The van der Waals surface area contributed by atoms with Crippen LogP contribution in [0.1, 0.15) is 31.2 Å². The molecule has 7 nitrogen and oxygen atoms in total. The van der Waals surface area contributed by atoms with Crippen LogP contribution in [-0.2, 0) is 10.2 Å². The molecule has 2 rings (SSSR count). The van der Waals surface area contributed by atoms with E-state index in [1.54, 1.807) is 7.05 Å². The molecule has 0 heterocycles. The highest BCUT2D eigenvalue weighted by molar-refractivity contribution is 5.81. The molecule has 1 amide bonds. The summed E-state index contributed by atoms with van der Waals surface area (Å²) in [4.78, 5) is 18.1. The first kappa shape index (κ1) is 20.7. The van der Waals surface area contributed by atoms with Crippen molar-refractivity contribution in [3.05, 3.63) is 35.9 Å². The molecule has 0 bridgehead atoms. The lowest BCUT2D eigenvalue weighted by atomic mass is 9.68. The van der Waals surface area contributed by atoms with Crippen LogP contribution in [0.25, 0.3) is 0 Å². The van der Waals surface area contributed by atoms with Gasteiger partial charge in [0, 0.05) is 25.0 Å². The molecule has 1 aliphatic rings. The quantitative estimate of drug-likeness (QED) is 0.303. The Labute approximate surface area is 161 Å². The van der Waals surface area contributed by atoms with Gasteiger partial charge < -0.3 is 15.5 Å². The summed E-state index contributed by atoms with van der Waals surface area (Å²) in [7, 11) is 5.45. The van der Waals surface area contributed by atoms with Crippen LogP contribution in [0.5, 0.6) is 0 Å². The Balaban J connectivity index is 2.06. The number of likely N-dealkylation sites (N-methyl/N-ethyl adjacent to an activating group) is 1. The van der Waals surface area contributed by atoms with Gasteiger partial charge in [-0.3, -0.25) is 15.1 Å². The molecule has 0 unspecified atom stereocenters. The molecule has 7 heteroatoms. The summed E-state index contributed by atoms with van der Waals surface area (Å²) < 4.78 is 0. The number of hydrogen-bond donors (Lipinski definition) is 3. The van der Waals surface area contributed by atoms with Gasteiger partial charge in [-0.15, -0.1) is 0 Å². The molecule has 1 aromatic carbocycles. The fourth-order valence-electron chi connectivity index (χ4n) is 3.69. The van der Waals surface area contributed by atoms with Gasteiger partial charge in [0.15, 0.2) is 6.19 Å². The number of carbonyl (C=O) groups excluding carboxylic acids is 1. The Kier molecular flexibility index (Phi) is 7.62. The summed E-state index contributed by atoms with van der Waals surface area (Å²) in [6.45, 7) is 1.03. The molecule has 1 fully saturated rings. The van der Waals surface area contributed by atoms with Crippen molar-refractivity contribution in [2.75, 3.05) is 34.2 Å². The van der Waals surface area contributed by atoms with Gasteiger partial charge >= 0.3 is 0 Å². The average molecular weight is 371 g/mol. The fraction of sp³-hybridized carbons (Fsp3) is 0.550. The van der Waals surface area contributed by atoms with E-state index in [-0.39, 0.29) is 17.4 Å². The minimum atomic E-state index is -0.0619. The number of amides is 1. The van der Waals surface area contributed by atoms with Gasteiger partial charge in [0.2, 0.25) is 11.9 Å². The number of guanidine groups is 1. The van der Waals surface area contributed by atoms with Crippen molar-refractivity contribution in [2.24, 2.45) is 4.99 Å². The van der Waals surface area contributed by atoms with Crippen LogP contribution in [0.4, 0.5) is 0 Å². The second kappa shape index (κ2) is 9.93. The number of nitriles is 1. The molecule has 1 aromatic rings. The number of aliphatic imine (C=N–C) groups is 1. The summed E-state index contributed by atoms with van der Waals surface area (Å²) >= 11 is 0. The standard InChI is InChI=1S/C20H30N6O/c1-22-19(24-15-21)25-17-9-11-20(12-10-17,16-7-5-4-6-8-16)14-23-18(27)13-26(2)3/h4-8,17H,9-14H2,1-3H3,(H,23,27)(H2,22,24,25). The van der Waals surface area contributed by atoms with Gasteiger partial charge in [0.1, 0.15) is 0 Å². The molecule has 27 heavy (non-hydrogen) atoms. The van der Waals surface area contributed by atoms with Gasteiger partial charge in [-0.05, 0) is 45.3 Å². The zero-order valence-electron chi connectivity index (χ0n) is 16.5. The van der Waals surface area contributed by atoms with Gasteiger partial charge in [-0.1, -0.05) is 30.3 Å². The predicted octanol–water partition coefficient (Wildman–Crippen LogP) is 1.19. The van der Waals surface area contributed by atoms with Crippen LogP contribution in [0.3, 0.4) is 0 Å². The van der Waals surface area contributed by atoms with E-state index in [4.69, 9.17) is 5.26 Å². The molecule has 0 atom stereocenters. The third-order valence-corrected chi connectivity index (χ3v) is 5.15. The second-order valence-corrected chi connectivity index (χ2v) is 7.39. The van der Waals surface area contributed by atoms with Crippen molar-refractivity contribution < 1.29 is 4.79 Å². The molecule has 0 spiro atoms. The lowest BCUT2D eigenvalue weighted by Crippen LogP contribution is -2.49. The normalized spacial score (nSPS) is 22.8. The molecular formula is C20H30N6O. The molecule has 0 aliphatic heterocycles. The van der Waals surface area contributed by atoms with Crippen molar-refractivity contribution >= 4 is 11.9 Å². The van der Waals surface area contributed by atoms with Crippen molar-refractivity contribution in [1.82, 2.24) is 20.9 Å². The highest BCUT2D eigenvalue weighted by atomic mass is 16.2. The van der Waals surface area contributed by atoms with E-state index in [1.807, 2.05) is 31.3 Å². The van der Waals surface area contributed by atoms with Crippen molar-refractivity contribution in [2.45, 2.75) is 37.1 Å². The summed E-state index contributed by atoms with van der Waals surface area (Å²) in [6, 6.07) is 10.7. The monoisotopic (exact) mass is 370 g/mol. The van der Waals surface area contributed by atoms with Crippen LogP contribution < -0.4 is 16.0 Å². The fourth-order valence-corrected chi connectivity index (χ4v) is 3.69. The lowest BCUT2D eigenvalue weighted by Gasteiger charge is -2.41. The molecule has 0 aromatic heterocycles. The van der Waals surface area contributed by atoms with Crippen LogP contribution in [0.15, 0.2) is 35.3 Å². The number of rotatable bonds is 6. The zero-order valence-corrected chi connectivity index (χ0v) is 16.5. The van der Waals surface area contributed by atoms with E-state index in [2.05, 4.69) is 45.2 Å². The first-order valence-corrected chi connectivity index (χ1v) is 9.34. The number of hydrogen-bond acceptors (Lipinski definition) is 4. The zero-order chi connectivity index (χ0) is 19.7. The SMILES string of the molecule is CN=C(NC#N)NC1CCC(CNC(=O)CN(C)C)(c2ccccc2)CC1. The molecule has 0 saturated heterocycles. The first-order valence-electron chi connectivity index (χ1n) is 9.34. The third kappa shape index (κ3) is 5.97. The Bertz CT molecular complexity index is 671. The lowest BCUT2D eigenvalue weighted by molar-refractivity contribution is -0.122. The van der Waals surface area contributed by atoms with Gasteiger partial charge in [0.05, 0.1) is 6.54 Å². The topological polar surface area (TPSA) is 92.5 Å². The Morgan fingerprint density at radius 1 is 1.30 bits per heavy atom. The van der Waals surface area contributed by atoms with E-state index in [0.29, 0.717) is 19.0 Å². The van der Waals surface area contributed by atoms with E-state index < -0.39 is 0 Å². The van der Waals surface area contributed by atoms with E-state index in [0.717, 1.165) is 25.7 Å². The van der Waals surface area contributed by atoms with Crippen LogP contribution >= 0.6 is 0 Å². The smallest absolute Gasteiger partial charge is 0.234 e. The second-order valence-electron chi connectivity index (χ2n) is 7.39. The Morgan fingerprint density at radius 2 is 1.96 bits per heavy atom. The molecular weight excluding hydrogens is 340 g/mol. The Morgan fingerprint density at radius 3 is 2.52 bits per heavy atom. The van der Waals surface area contributed by atoms with Crippen molar-refractivity contribution in [1.29, 1.82) is 5.26 Å². The molecule has 146 valence electrons. The number of nitrogens with zero attached hydrogens (tertiary/aromatic N) is 3. The third-order valence-electron chi connectivity index (χ3n) is 5.15. The summed E-state index contributed by atoms with van der Waals surface area (Å²) in [6.07, 6.45) is 5.72. The summed E-state index contributed by atoms with van der Waals surface area (Å²) in [5.74, 6) is 0.558. The number of nitrogens with one attached hydrogen (secondary N) is 3. The van der Waals surface area contributed by atoms with Crippen LogP contribution in [0, 0.1) is 11.5 Å². The number of carbonyl (C=O) groups is 1. The molecule has 0 radical (unpaired) electrons. The minimum absolute atomic E-state index is 0.0502. The summed E-state index contributed by atoms with van der Waals surface area (Å²) in [5, 5.41) is 17.8. The average Bonchev–Trinajstić information content (AvgIpc) is 2.67. The van der Waals surface area contributed by atoms with Gasteiger partial charge in [-0.2, -0.15) is 5.26 Å². The first-order chi connectivity index (χ1) is 13.0. The van der Waals surface area contributed by atoms with Crippen LogP contribution in [0.2, 0.25) is 0 Å². The summed E-state index contributed by atoms with van der Waals surface area (Å²) in [5.41, 5.74) is 1.21. The van der Waals surface area contributed by atoms with E-state index in [1.165, 1.54) is 5.56 Å². The maximum absolute atomic E-state index is 12.2. The maximum Gasteiger partial charge on any atom is 0.234 e.